The van der Waals surface area contributed by atoms with Crippen LogP contribution in [0, 0.1) is 0 Å². The standard InChI is InChI=1S/C42H54N6O12/c49-13-16-55-19-22-58-37-7-1-34(2-8-37)46-40(52)43-28-31-25-32(29-44-41(53)47-35-3-9-38(10-4-35)59-23-20-56-17-14-50)27-33(26-31)30-45-42(54)48-36-5-11-39(12-6-36)60-24-21-57-18-15-51/h1-12,25-27,49-51H,13-24,28-30H2,(H2,43,46,52)(H2,44,47,53)(H2,45,48,54). The lowest BCUT2D eigenvalue weighted by molar-refractivity contribution is 0.0705. The Labute approximate surface area is 348 Å². The van der Waals surface area contributed by atoms with Gasteiger partial charge in [-0.3, -0.25) is 0 Å². The Morgan fingerprint density at radius 1 is 0.383 bits per heavy atom. The van der Waals surface area contributed by atoms with Gasteiger partial charge in [0.05, 0.1) is 59.5 Å². The highest BCUT2D eigenvalue weighted by atomic mass is 16.5. The highest BCUT2D eigenvalue weighted by molar-refractivity contribution is 5.90. The van der Waals surface area contributed by atoms with Crippen molar-refractivity contribution in [1.82, 2.24) is 16.0 Å². The monoisotopic (exact) mass is 834 g/mol. The molecule has 6 amide bonds. The molecule has 60 heavy (non-hydrogen) atoms. The zero-order valence-electron chi connectivity index (χ0n) is 33.3. The van der Waals surface area contributed by atoms with Gasteiger partial charge >= 0.3 is 18.1 Å². The van der Waals surface area contributed by atoms with Gasteiger partial charge in [-0.15, -0.1) is 0 Å². The van der Waals surface area contributed by atoms with E-state index in [-0.39, 0.29) is 59.3 Å². The molecule has 0 radical (unpaired) electrons. The largest absolute Gasteiger partial charge is 0.491 e. The lowest BCUT2D eigenvalue weighted by atomic mass is 10.1. The van der Waals surface area contributed by atoms with Crippen molar-refractivity contribution in [2.24, 2.45) is 0 Å². The van der Waals surface area contributed by atoms with E-state index in [2.05, 4.69) is 31.9 Å². The van der Waals surface area contributed by atoms with Gasteiger partial charge in [0, 0.05) is 36.7 Å². The van der Waals surface area contributed by atoms with Crippen LogP contribution < -0.4 is 46.1 Å². The van der Waals surface area contributed by atoms with Gasteiger partial charge in [0.15, 0.2) is 0 Å². The second-order valence-corrected chi connectivity index (χ2v) is 12.7. The summed E-state index contributed by atoms with van der Waals surface area (Å²) in [5, 5.41) is 43.3. The van der Waals surface area contributed by atoms with Crippen LogP contribution in [0.2, 0.25) is 0 Å². The van der Waals surface area contributed by atoms with E-state index in [4.69, 9.17) is 43.7 Å². The number of anilines is 3. The lowest BCUT2D eigenvalue weighted by Gasteiger charge is -2.14. The van der Waals surface area contributed by atoms with Crippen molar-refractivity contribution in [1.29, 1.82) is 0 Å². The fourth-order valence-electron chi connectivity index (χ4n) is 5.28. The summed E-state index contributed by atoms with van der Waals surface area (Å²) >= 11 is 0. The SMILES string of the molecule is O=C(NCc1cc(CNC(=O)Nc2ccc(OCCOCCO)cc2)cc(CNC(=O)Nc2ccc(OCCOCCO)cc2)c1)Nc1ccc(OCCOCCO)cc1. The minimum absolute atomic E-state index is 0.0548. The van der Waals surface area contributed by atoms with E-state index in [1.165, 1.54) is 0 Å². The van der Waals surface area contributed by atoms with Crippen molar-refractivity contribution < 1.29 is 58.1 Å². The number of carbonyl (C=O) groups is 3. The lowest BCUT2D eigenvalue weighted by Crippen LogP contribution is -2.30. The summed E-state index contributed by atoms with van der Waals surface area (Å²) in [6, 6.07) is 24.7. The molecule has 0 atom stereocenters. The molecule has 4 rings (SSSR count). The Morgan fingerprint density at radius 3 is 0.900 bits per heavy atom. The highest BCUT2D eigenvalue weighted by Gasteiger charge is 2.10. The minimum Gasteiger partial charge on any atom is -0.491 e. The number of hydrogen-bond donors (Lipinski definition) is 9. The fourth-order valence-corrected chi connectivity index (χ4v) is 5.28. The van der Waals surface area contributed by atoms with E-state index in [9.17, 15) is 14.4 Å². The number of ether oxygens (including phenoxy) is 6. The number of rotatable bonds is 27. The summed E-state index contributed by atoms with van der Waals surface area (Å²) in [7, 11) is 0. The predicted octanol–water partition coefficient (Wildman–Crippen LogP) is 3.81. The number of hydrogen-bond acceptors (Lipinski definition) is 12. The number of benzene rings is 4. The quantitative estimate of drug-likeness (QED) is 0.0390. The summed E-state index contributed by atoms with van der Waals surface area (Å²) in [6.07, 6.45) is 0. The molecule has 4 aromatic rings. The molecule has 0 aliphatic heterocycles. The fraction of sp³-hybridized carbons (Fsp3) is 0.357. The summed E-state index contributed by atoms with van der Waals surface area (Å²) in [6.45, 7) is 2.96. The number of nitrogens with one attached hydrogen (secondary N) is 6. The molecular weight excluding hydrogens is 780 g/mol. The number of aliphatic hydroxyl groups is 3. The molecule has 0 heterocycles. The first-order chi connectivity index (χ1) is 29.3. The van der Waals surface area contributed by atoms with Crippen LogP contribution in [-0.4, -0.2) is 113 Å². The Balaban J connectivity index is 1.32. The molecule has 4 aromatic carbocycles. The van der Waals surface area contributed by atoms with Crippen LogP contribution in [0.25, 0.3) is 0 Å². The Morgan fingerprint density at radius 2 is 0.650 bits per heavy atom. The maximum Gasteiger partial charge on any atom is 0.319 e. The average molecular weight is 835 g/mol. The summed E-state index contributed by atoms with van der Waals surface area (Å²) < 4.78 is 32.3. The van der Waals surface area contributed by atoms with E-state index in [1.54, 1.807) is 72.8 Å². The van der Waals surface area contributed by atoms with E-state index in [0.717, 1.165) is 16.7 Å². The van der Waals surface area contributed by atoms with Crippen molar-refractivity contribution in [3.63, 3.8) is 0 Å². The topological polar surface area (TPSA) is 239 Å². The summed E-state index contributed by atoms with van der Waals surface area (Å²) in [4.78, 5) is 38.5. The van der Waals surface area contributed by atoms with Crippen LogP contribution in [-0.2, 0) is 33.8 Å². The van der Waals surface area contributed by atoms with Crippen LogP contribution in [0.3, 0.4) is 0 Å². The first-order valence-corrected chi connectivity index (χ1v) is 19.3. The molecule has 0 unspecified atom stereocenters. The molecule has 0 aromatic heterocycles. The molecule has 0 aliphatic rings. The predicted molar refractivity (Wildman–Crippen MR) is 224 cm³/mol. The van der Waals surface area contributed by atoms with Gasteiger partial charge < -0.3 is 75.6 Å². The van der Waals surface area contributed by atoms with Crippen molar-refractivity contribution in [2.45, 2.75) is 19.6 Å². The van der Waals surface area contributed by atoms with E-state index in [0.29, 0.717) is 74.0 Å². The second kappa shape index (κ2) is 27.5. The van der Waals surface area contributed by atoms with Gasteiger partial charge in [0.2, 0.25) is 0 Å². The third-order valence-electron chi connectivity index (χ3n) is 8.00. The number of carbonyl (C=O) groups excluding carboxylic acids is 3. The normalized spacial score (nSPS) is 10.7. The van der Waals surface area contributed by atoms with Crippen LogP contribution in [0.1, 0.15) is 16.7 Å². The molecule has 0 saturated carbocycles. The maximum absolute atomic E-state index is 12.8. The molecule has 9 N–H and O–H groups in total. The van der Waals surface area contributed by atoms with E-state index >= 15 is 0 Å². The number of amides is 6. The first-order valence-electron chi connectivity index (χ1n) is 19.3. The van der Waals surface area contributed by atoms with Crippen molar-refractivity contribution >= 4 is 35.2 Å². The Kier molecular flexibility index (Phi) is 21.3. The van der Waals surface area contributed by atoms with Gasteiger partial charge in [-0.25, -0.2) is 14.4 Å². The van der Waals surface area contributed by atoms with E-state index < -0.39 is 18.1 Å². The van der Waals surface area contributed by atoms with Crippen LogP contribution >= 0.6 is 0 Å². The van der Waals surface area contributed by atoms with Crippen LogP contribution in [0.5, 0.6) is 17.2 Å². The second-order valence-electron chi connectivity index (χ2n) is 12.7. The Bertz CT molecular complexity index is 1620. The van der Waals surface area contributed by atoms with Gasteiger partial charge in [0.1, 0.15) is 37.1 Å². The maximum atomic E-state index is 12.8. The molecule has 18 heteroatoms. The van der Waals surface area contributed by atoms with E-state index in [1.807, 2.05) is 18.2 Å². The molecule has 324 valence electrons. The molecule has 0 aliphatic carbocycles. The molecule has 0 spiro atoms. The molecule has 18 nitrogen and oxygen atoms in total. The van der Waals surface area contributed by atoms with Crippen LogP contribution in [0.15, 0.2) is 91.0 Å². The zero-order chi connectivity index (χ0) is 42.6. The number of aliphatic hydroxyl groups excluding tert-OH is 3. The summed E-state index contributed by atoms with van der Waals surface area (Å²) in [5.41, 5.74) is 3.83. The minimum atomic E-state index is -0.444. The first kappa shape index (κ1) is 46.5. The van der Waals surface area contributed by atoms with Gasteiger partial charge in [-0.1, -0.05) is 18.2 Å². The summed E-state index contributed by atoms with van der Waals surface area (Å²) in [5.74, 6) is 1.80. The average Bonchev–Trinajstić information content (AvgIpc) is 3.26. The van der Waals surface area contributed by atoms with Gasteiger partial charge in [0.25, 0.3) is 0 Å². The van der Waals surface area contributed by atoms with Gasteiger partial charge in [-0.2, -0.15) is 0 Å². The van der Waals surface area contributed by atoms with Crippen LogP contribution in [0.4, 0.5) is 31.4 Å². The molecule has 0 bridgehead atoms. The third kappa shape index (κ3) is 19.1. The Hall–Kier alpha value is -6.15. The third-order valence-corrected chi connectivity index (χ3v) is 8.00. The zero-order valence-corrected chi connectivity index (χ0v) is 33.3. The van der Waals surface area contributed by atoms with Crippen molar-refractivity contribution in [2.75, 3.05) is 95.2 Å². The molecular formula is C42H54N6O12. The van der Waals surface area contributed by atoms with Crippen molar-refractivity contribution in [3.05, 3.63) is 108 Å². The highest BCUT2D eigenvalue weighted by Crippen LogP contribution is 2.19. The molecule has 0 fully saturated rings. The number of urea groups is 3. The van der Waals surface area contributed by atoms with Crippen molar-refractivity contribution in [3.8, 4) is 17.2 Å². The van der Waals surface area contributed by atoms with Gasteiger partial charge in [-0.05, 0) is 89.5 Å². The molecule has 0 saturated heterocycles. The smallest absolute Gasteiger partial charge is 0.319 e.